The summed E-state index contributed by atoms with van der Waals surface area (Å²) >= 11 is 6.12. The molecule has 0 spiro atoms. The Morgan fingerprint density at radius 2 is 2.16 bits per heavy atom. The standard InChI is InChI=1S/C18H26ClN3O3/c1-12-10-22(11-14(12)17(23)24-4)18(20-3)21-9-13(2)25-16-8-6-5-7-15(16)19/h5-8,12-14H,9-11H2,1-4H3,(H,20,21). The maximum atomic E-state index is 11.8. The van der Waals surface area contributed by atoms with Crippen LogP contribution >= 0.6 is 11.6 Å². The molecule has 1 heterocycles. The molecule has 25 heavy (non-hydrogen) atoms. The highest BCUT2D eigenvalue weighted by atomic mass is 35.5. The Morgan fingerprint density at radius 3 is 2.80 bits per heavy atom. The van der Waals surface area contributed by atoms with Gasteiger partial charge in [-0.2, -0.15) is 0 Å². The molecule has 7 heteroatoms. The van der Waals surface area contributed by atoms with E-state index in [1.807, 2.05) is 25.1 Å². The molecule has 2 rings (SSSR count). The molecule has 1 aromatic rings. The number of para-hydroxylation sites is 1. The van der Waals surface area contributed by atoms with E-state index in [0.717, 1.165) is 12.5 Å². The largest absolute Gasteiger partial charge is 0.487 e. The number of nitrogens with zero attached hydrogens (tertiary/aromatic N) is 2. The molecule has 1 saturated heterocycles. The van der Waals surface area contributed by atoms with Gasteiger partial charge in [-0.15, -0.1) is 0 Å². The van der Waals surface area contributed by atoms with E-state index in [0.29, 0.717) is 23.9 Å². The van der Waals surface area contributed by atoms with Crippen LogP contribution in [0.3, 0.4) is 0 Å². The minimum Gasteiger partial charge on any atom is -0.487 e. The van der Waals surface area contributed by atoms with Crippen molar-refractivity contribution in [3.63, 3.8) is 0 Å². The van der Waals surface area contributed by atoms with Gasteiger partial charge in [0.05, 0.1) is 24.6 Å². The molecule has 0 radical (unpaired) electrons. The summed E-state index contributed by atoms with van der Waals surface area (Å²) in [4.78, 5) is 18.2. The van der Waals surface area contributed by atoms with Crippen LogP contribution in [0.2, 0.25) is 5.02 Å². The molecular weight excluding hydrogens is 342 g/mol. The number of aliphatic imine (C=N–C) groups is 1. The maximum Gasteiger partial charge on any atom is 0.310 e. The van der Waals surface area contributed by atoms with Crippen molar-refractivity contribution in [3.8, 4) is 5.75 Å². The van der Waals surface area contributed by atoms with E-state index in [2.05, 4.69) is 22.1 Å². The average molecular weight is 368 g/mol. The Morgan fingerprint density at radius 1 is 1.44 bits per heavy atom. The number of rotatable bonds is 5. The second kappa shape index (κ2) is 8.94. The van der Waals surface area contributed by atoms with Crippen LogP contribution < -0.4 is 10.1 Å². The lowest BCUT2D eigenvalue weighted by Gasteiger charge is -2.23. The van der Waals surface area contributed by atoms with Gasteiger partial charge in [0.15, 0.2) is 5.96 Å². The van der Waals surface area contributed by atoms with E-state index in [9.17, 15) is 4.79 Å². The quantitative estimate of drug-likeness (QED) is 0.492. The third-order valence-electron chi connectivity index (χ3n) is 4.34. The van der Waals surface area contributed by atoms with Crippen molar-refractivity contribution in [1.82, 2.24) is 10.2 Å². The normalized spacial score (nSPS) is 21.8. The van der Waals surface area contributed by atoms with Crippen molar-refractivity contribution < 1.29 is 14.3 Å². The predicted molar refractivity (Wildman–Crippen MR) is 99.1 cm³/mol. The second-order valence-electron chi connectivity index (χ2n) is 6.30. The number of carbonyl (C=O) groups is 1. The van der Waals surface area contributed by atoms with Crippen molar-refractivity contribution in [2.45, 2.75) is 20.0 Å². The minimum atomic E-state index is -0.166. The summed E-state index contributed by atoms with van der Waals surface area (Å²) in [5, 5.41) is 3.90. The van der Waals surface area contributed by atoms with Gasteiger partial charge in [-0.25, -0.2) is 0 Å². The number of esters is 1. The Balaban J connectivity index is 1.88. The van der Waals surface area contributed by atoms with E-state index in [1.54, 1.807) is 13.1 Å². The van der Waals surface area contributed by atoms with Gasteiger partial charge in [0.25, 0.3) is 0 Å². The van der Waals surface area contributed by atoms with Crippen molar-refractivity contribution in [3.05, 3.63) is 29.3 Å². The van der Waals surface area contributed by atoms with Crippen LogP contribution in [0.15, 0.2) is 29.3 Å². The SMILES string of the molecule is CN=C(NCC(C)Oc1ccccc1Cl)N1CC(C)C(C(=O)OC)C1. The summed E-state index contributed by atoms with van der Waals surface area (Å²) in [5.41, 5.74) is 0. The minimum absolute atomic E-state index is 0.0897. The first kappa shape index (κ1) is 19.4. The van der Waals surface area contributed by atoms with Crippen molar-refractivity contribution in [2.24, 2.45) is 16.8 Å². The molecule has 0 aromatic heterocycles. The van der Waals surface area contributed by atoms with Gasteiger partial charge >= 0.3 is 5.97 Å². The fraction of sp³-hybridized carbons (Fsp3) is 0.556. The highest BCUT2D eigenvalue weighted by Crippen LogP contribution is 2.25. The number of benzene rings is 1. The van der Waals surface area contributed by atoms with Crippen LogP contribution in [0.5, 0.6) is 5.75 Å². The fourth-order valence-electron chi connectivity index (χ4n) is 2.96. The van der Waals surface area contributed by atoms with Gasteiger partial charge in [0.2, 0.25) is 0 Å². The zero-order chi connectivity index (χ0) is 18.4. The second-order valence-corrected chi connectivity index (χ2v) is 6.71. The zero-order valence-corrected chi connectivity index (χ0v) is 15.9. The molecule has 3 atom stereocenters. The number of guanidine groups is 1. The maximum absolute atomic E-state index is 11.8. The van der Waals surface area contributed by atoms with E-state index >= 15 is 0 Å². The molecular formula is C18H26ClN3O3. The number of nitrogens with one attached hydrogen (secondary N) is 1. The Kier molecular flexibility index (Phi) is 6.93. The molecule has 138 valence electrons. The van der Waals surface area contributed by atoms with E-state index in [-0.39, 0.29) is 23.9 Å². The van der Waals surface area contributed by atoms with Crippen molar-refractivity contribution in [1.29, 1.82) is 0 Å². The van der Waals surface area contributed by atoms with E-state index in [4.69, 9.17) is 21.1 Å². The van der Waals surface area contributed by atoms with Gasteiger partial charge in [-0.05, 0) is 25.0 Å². The zero-order valence-electron chi connectivity index (χ0n) is 15.2. The molecule has 0 amide bonds. The molecule has 1 N–H and O–H groups in total. The molecule has 1 fully saturated rings. The Bertz CT molecular complexity index is 623. The molecule has 0 saturated carbocycles. The number of likely N-dealkylation sites (tertiary alicyclic amines) is 1. The highest BCUT2D eigenvalue weighted by Gasteiger charge is 2.36. The first-order valence-corrected chi connectivity index (χ1v) is 8.78. The smallest absolute Gasteiger partial charge is 0.310 e. The molecule has 0 aliphatic carbocycles. The van der Waals surface area contributed by atoms with Gasteiger partial charge < -0.3 is 19.7 Å². The van der Waals surface area contributed by atoms with Gasteiger partial charge in [-0.1, -0.05) is 30.7 Å². The molecule has 3 unspecified atom stereocenters. The number of hydrogen-bond acceptors (Lipinski definition) is 4. The first-order chi connectivity index (χ1) is 12.0. The lowest BCUT2D eigenvalue weighted by molar-refractivity contribution is -0.145. The molecule has 1 aliphatic heterocycles. The van der Waals surface area contributed by atoms with Gasteiger partial charge in [-0.3, -0.25) is 9.79 Å². The summed E-state index contributed by atoms with van der Waals surface area (Å²) in [6.07, 6.45) is -0.0897. The Labute approximate surface area is 154 Å². The molecule has 6 nitrogen and oxygen atoms in total. The predicted octanol–water partition coefficient (Wildman–Crippen LogP) is 2.42. The third-order valence-corrected chi connectivity index (χ3v) is 4.65. The summed E-state index contributed by atoms with van der Waals surface area (Å²) in [5.74, 6) is 1.35. The molecule has 1 aliphatic rings. The topological polar surface area (TPSA) is 63.2 Å². The monoisotopic (exact) mass is 367 g/mol. The molecule has 1 aromatic carbocycles. The van der Waals surface area contributed by atoms with Crippen LogP contribution in [0.1, 0.15) is 13.8 Å². The Hall–Kier alpha value is -1.95. The summed E-state index contributed by atoms with van der Waals surface area (Å²) in [6.45, 7) is 5.96. The summed E-state index contributed by atoms with van der Waals surface area (Å²) in [6, 6.07) is 7.40. The van der Waals surface area contributed by atoms with Gasteiger partial charge in [0.1, 0.15) is 11.9 Å². The van der Waals surface area contributed by atoms with Gasteiger partial charge in [0, 0.05) is 20.1 Å². The number of ether oxygens (including phenoxy) is 2. The van der Waals surface area contributed by atoms with E-state index in [1.165, 1.54) is 7.11 Å². The summed E-state index contributed by atoms with van der Waals surface area (Å²) < 4.78 is 10.7. The van der Waals surface area contributed by atoms with Crippen molar-refractivity contribution >= 4 is 23.5 Å². The molecule has 0 bridgehead atoms. The van der Waals surface area contributed by atoms with Crippen LogP contribution in [0, 0.1) is 11.8 Å². The van der Waals surface area contributed by atoms with Crippen LogP contribution in [0.4, 0.5) is 0 Å². The lowest BCUT2D eigenvalue weighted by atomic mass is 9.99. The number of hydrogen-bond donors (Lipinski definition) is 1. The lowest BCUT2D eigenvalue weighted by Crippen LogP contribution is -2.44. The number of methoxy groups -OCH3 is 1. The van der Waals surface area contributed by atoms with Crippen LogP contribution in [-0.4, -0.2) is 56.7 Å². The van der Waals surface area contributed by atoms with Crippen LogP contribution in [0.25, 0.3) is 0 Å². The summed E-state index contributed by atoms with van der Waals surface area (Å²) in [7, 11) is 3.16. The fourth-order valence-corrected chi connectivity index (χ4v) is 3.14. The number of carbonyl (C=O) groups excluding carboxylic acids is 1. The third kappa shape index (κ3) is 5.01. The van der Waals surface area contributed by atoms with Crippen LogP contribution in [-0.2, 0) is 9.53 Å². The number of halogens is 1. The van der Waals surface area contributed by atoms with Crippen molar-refractivity contribution in [2.75, 3.05) is 33.8 Å². The first-order valence-electron chi connectivity index (χ1n) is 8.40. The highest BCUT2D eigenvalue weighted by molar-refractivity contribution is 6.32. The average Bonchev–Trinajstić information content (AvgIpc) is 2.98. The van der Waals surface area contributed by atoms with E-state index < -0.39 is 0 Å².